The Morgan fingerprint density at radius 3 is 2.52 bits per heavy atom. The highest BCUT2D eigenvalue weighted by atomic mass is 16.5. The Bertz CT molecular complexity index is 763. The van der Waals surface area contributed by atoms with Crippen LogP contribution in [0.3, 0.4) is 0 Å². The molecule has 3 rings (SSSR count). The van der Waals surface area contributed by atoms with Crippen molar-refractivity contribution in [1.82, 2.24) is 15.1 Å². The molecule has 2 aromatic rings. The minimum absolute atomic E-state index is 0.0107. The molecule has 1 saturated carbocycles. The molecule has 0 radical (unpaired) electrons. The fourth-order valence-electron chi connectivity index (χ4n) is 3.23. The maximum atomic E-state index is 12.2. The lowest BCUT2D eigenvalue weighted by Gasteiger charge is -2.43. The minimum Gasteiger partial charge on any atom is -0.454 e. The predicted octanol–water partition coefficient (Wildman–Crippen LogP) is 2.24. The van der Waals surface area contributed by atoms with E-state index in [1.807, 2.05) is 50.2 Å². The predicted molar refractivity (Wildman–Crippen MR) is 92.8 cm³/mol. The van der Waals surface area contributed by atoms with Gasteiger partial charge >= 0.3 is 5.97 Å². The zero-order valence-corrected chi connectivity index (χ0v) is 14.6. The summed E-state index contributed by atoms with van der Waals surface area (Å²) in [5, 5.41) is 7.26. The molecule has 0 spiro atoms. The molecule has 1 N–H and O–H groups in total. The number of hydrogen-bond acceptors (Lipinski definition) is 4. The molecule has 0 unspecified atom stereocenters. The Labute approximate surface area is 147 Å². The third kappa shape index (κ3) is 3.90. The van der Waals surface area contributed by atoms with Crippen LogP contribution in [-0.2, 0) is 26.4 Å². The first-order chi connectivity index (χ1) is 12.0. The van der Waals surface area contributed by atoms with Gasteiger partial charge in [0.25, 0.3) is 5.91 Å². The van der Waals surface area contributed by atoms with Gasteiger partial charge < -0.3 is 10.1 Å². The molecule has 0 bridgehead atoms. The number of nitrogens with zero attached hydrogens (tertiary/aromatic N) is 2. The van der Waals surface area contributed by atoms with Crippen LogP contribution in [0.5, 0.6) is 0 Å². The molecule has 1 amide bonds. The third-order valence-electron chi connectivity index (χ3n) is 4.66. The van der Waals surface area contributed by atoms with Gasteiger partial charge in [-0.15, -0.1) is 0 Å². The summed E-state index contributed by atoms with van der Waals surface area (Å²) in [6.07, 6.45) is 2.89. The van der Waals surface area contributed by atoms with E-state index >= 15 is 0 Å². The molecule has 0 aliphatic heterocycles. The Morgan fingerprint density at radius 1 is 1.24 bits per heavy atom. The van der Waals surface area contributed by atoms with Crippen molar-refractivity contribution < 1.29 is 14.3 Å². The van der Waals surface area contributed by atoms with Gasteiger partial charge in [-0.25, -0.2) is 0 Å². The average molecular weight is 341 g/mol. The topological polar surface area (TPSA) is 73.2 Å². The first-order valence-corrected chi connectivity index (χ1v) is 8.52. The highest BCUT2D eigenvalue weighted by Gasteiger charge is 2.39. The van der Waals surface area contributed by atoms with Crippen molar-refractivity contribution in [2.75, 3.05) is 6.61 Å². The van der Waals surface area contributed by atoms with Gasteiger partial charge in [0.1, 0.15) is 6.54 Å². The largest absolute Gasteiger partial charge is 0.454 e. The van der Waals surface area contributed by atoms with Crippen LogP contribution in [0.4, 0.5) is 0 Å². The van der Waals surface area contributed by atoms with Gasteiger partial charge in [-0.1, -0.05) is 30.3 Å². The number of benzene rings is 1. The molecule has 1 aromatic heterocycles. The van der Waals surface area contributed by atoms with Crippen LogP contribution in [-0.4, -0.2) is 28.3 Å². The van der Waals surface area contributed by atoms with Crippen molar-refractivity contribution in [2.24, 2.45) is 0 Å². The Hall–Kier alpha value is -2.63. The van der Waals surface area contributed by atoms with E-state index in [1.54, 1.807) is 4.68 Å². The lowest BCUT2D eigenvalue weighted by molar-refractivity contribution is -0.150. The third-order valence-corrected chi connectivity index (χ3v) is 4.66. The number of esters is 1. The fourth-order valence-corrected chi connectivity index (χ4v) is 3.23. The maximum Gasteiger partial charge on any atom is 0.328 e. The number of aromatic nitrogens is 2. The summed E-state index contributed by atoms with van der Waals surface area (Å²) in [6.45, 7) is 3.48. The molecular formula is C19H23N3O3. The van der Waals surface area contributed by atoms with Crippen molar-refractivity contribution in [3.63, 3.8) is 0 Å². The Kier molecular flexibility index (Phi) is 4.88. The van der Waals surface area contributed by atoms with Crippen molar-refractivity contribution in [2.45, 2.75) is 45.2 Å². The molecular weight excluding hydrogens is 318 g/mol. The van der Waals surface area contributed by atoms with Gasteiger partial charge in [0.05, 0.1) is 11.2 Å². The average Bonchev–Trinajstić information content (AvgIpc) is 2.87. The second-order valence-electron chi connectivity index (χ2n) is 6.60. The van der Waals surface area contributed by atoms with E-state index in [-0.39, 0.29) is 24.6 Å². The zero-order valence-electron chi connectivity index (χ0n) is 14.6. The SMILES string of the molecule is Cc1cc(C)n(CC(=O)OCC(=O)NC2(c3ccccc3)CCC2)n1. The maximum absolute atomic E-state index is 12.2. The molecule has 6 nitrogen and oxygen atoms in total. The van der Waals surface area contributed by atoms with Crippen LogP contribution in [0, 0.1) is 13.8 Å². The van der Waals surface area contributed by atoms with Gasteiger partial charge in [0.15, 0.2) is 6.61 Å². The zero-order chi connectivity index (χ0) is 17.9. The molecule has 0 atom stereocenters. The Balaban J connectivity index is 1.52. The summed E-state index contributed by atoms with van der Waals surface area (Å²) in [4.78, 5) is 24.2. The quantitative estimate of drug-likeness (QED) is 0.818. The summed E-state index contributed by atoms with van der Waals surface area (Å²) < 4.78 is 6.69. The van der Waals surface area contributed by atoms with Gasteiger partial charge in [0, 0.05) is 5.69 Å². The van der Waals surface area contributed by atoms with E-state index < -0.39 is 5.97 Å². The van der Waals surface area contributed by atoms with E-state index in [2.05, 4.69) is 10.4 Å². The molecule has 1 aliphatic rings. The lowest BCUT2D eigenvalue weighted by atomic mass is 9.72. The number of rotatable bonds is 6. The summed E-state index contributed by atoms with van der Waals surface area (Å²) in [7, 11) is 0. The number of ether oxygens (including phenoxy) is 1. The van der Waals surface area contributed by atoms with Crippen molar-refractivity contribution in [1.29, 1.82) is 0 Å². The number of nitrogens with one attached hydrogen (secondary N) is 1. The van der Waals surface area contributed by atoms with Crippen LogP contribution in [0.2, 0.25) is 0 Å². The normalized spacial score (nSPS) is 15.3. The summed E-state index contributed by atoms with van der Waals surface area (Å²) in [5.41, 5.74) is 2.51. The van der Waals surface area contributed by atoms with Gasteiger partial charge in [-0.2, -0.15) is 5.10 Å². The molecule has 1 aliphatic carbocycles. The number of aryl methyl sites for hydroxylation is 2. The minimum atomic E-state index is -0.469. The molecule has 132 valence electrons. The summed E-state index contributed by atoms with van der Waals surface area (Å²) in [5.74, 6) is -0.742. The standard InChI is InChI=1S/C19H23N3O3/c1-14-11-15(2)22(21-14)12-18(24)25-13-17(23)20-19(9-6-10-19)16-7-4-3-5-8-16/h3-5,7-8,11H,6,9-10,12-13H2,1-2H3,(H,20,23). The van der Waals surface area contributed by atoms with E-state index in [0.29, 0.717) is 0 Å². The molecule has 6 heteroatoms. The highest BCUT2D eigenvalue weighted by Crippen LogP contribution is 2.41. The lowest BCUT2D eigenvalue weighted by Crippen LogP contribution is -2.51. The number of amides is 1. The fraction of sp³-hybridized carbons (Fsp3) is 0.421. The number of carbonyl (C=O) groups excluding carboxylic acids is 2. The second kappa shape index (κ2) is 7.09. The van der Waals surface area contributed by atoms with E-state index in [1.165, 1.54) is 0 Å². The Morgan fingerprint density at radius 2 is 1.96 bits per heavy atom. The highest BCUT2D eigenvalue weighted by molar-refractivity contribution is 5.81. The van der Waals surface area contributed by atoms with Gasteiger partial charge in [-0.05, 0) is 44.7 Å². The van der Waals surface area contributed by atoms with Crippen molar-refractivity contribution in [3.05, 3.63) is 53.3 Å². The molecule has 1 heterocycles. The van der Waals surface area contributed by atoms with Gasteiger partial charge in [-0.3, -0.25) is 14.3 Å². The van der Waals surface area contributed by atoms with Crippen LogP contribution in [0.25, 0.3) is 0 Å². The molecule has 1 aromatic carbocycles. The van der Waals surface area contributed by atoms with E-state index in [0.717, 1.165) is 36.2 Å². The first-order valence-electron chi connectivity index (χ1n) is 8.52. The molecule has 0 saturated heterocycles. The van der Waals surface area contributed by atoms with E-state index in [9.17, 15) is 9.59 Å². The smallest absolute Gasteiger partial charge is 0.328 e. The first kappa shape index (κ1) is 17.2. The van der Waals surface area contributed by atoms with E-state index in [4.69, 9.17) is 4.74 Å². The molecule has 1 fully saturated rings. The van der Waals surface area contributed by atoms with Crippen molar-refractivity contribution in [3.8, 4) is 0 Å². The van der Waals surface area contributed by atoms with Crippen LogP contribution in [0.1, 0.15) is 36.2 Å². The monoisotopic (exact) mass is 341 g/mol. The van der Waals surface area contributed by atoms with Gasteiger partial charge in [0.2, 0.25) is 0 Å². The number of carbonyl (C=O) groups is 2. The second-order valence-corrected chi connectivity index (χ2v) is 6.60. The number of hydrogen-bond donors (Lipinski definition) is 1. The molecule has 25 heavy (non-hydrogen) atoms. The summed E-state index contributed by atoms with van der Waals surface area (Å²) >= 11 is 0. The van der Waals surface area contributed by atoms with Crippen LogP contribution in [0.15, 0.2) is 36.4 Å². The summed E-state index contributed by atoms with van der Waals surface area (Å²) in [6, 6.07) is 11.8. The van der Waals surface area contributed by atoms with Crippen LogP contribution < -0.4 is 5.32 Å². The van der Waals surface area contributed by atoms with Crippen LogP contribution >= 0.6 is 0 Å². The van der Waals surface area contributed by atoms with Crippen molar-refractivity contribution >= 4 is 11.9 Å².